The Hall–Kier alpha value is -2.44. The van der Waals surface area contributed by atoms with E-state index in [-0.39, 0.29) is 0 Å². The van der Waals surface area contributed by atoms with E-state index >= 15 is 0 Å². The predicted molar refractivity (Wildman–Crippen MR) is 119 cm³/mol. The second-order valence-electron chi connectivity index (χ2n) is 5.88. The second-order valence-corrected chi connectivity index (χ2v) is 7.21. The molecule has 0 aromatic heterocycles. The normalized spacial score (nSPS) is 10.9. The minimum atomic E-state index is 0.483. The summed E-state index contributed by atoms with van der Waals surface area (Å²) in [5.41, 5.74) is 4.77. The van der Waals surface area contributed by atoms with E-state index in [9.17, 15) is 0 Å². The average Bonchev–Trinajstić information content (AvgIpc) is 2.67. The van der Waals surface area contributed by atoms with E-state index in [2.05, 4.69) is 62.1 Å². The Kier molecular flexibility index (Phi) is 6.79. The molecule has 0 unspecified atom stereocenters. The van der Waals surface area contributed by atoms with E-state index in [1.165, 1.54) is 10.8 Å². The SMILES string of the molecule is CCNC(=S)N/N=C\c1cc(Br)ccc1OCc1ccc2ccccc2c1. The Bertz CT molecular complexity index is 975. The molecule has 0 bridgehead atoms. The summed E-state index contributed by atoms with van der Waals surface area (Å²) in [7, 11) is 0. The van der Waals surface area contributed by atoms with Crippen molar-refractivity contribution in [2.75, 3.05) is 6.54 Å². The highest BCUT2D eigenvalue weighted by molar-refractivity contribution is 9.10. The van der Waals surface area contributed by atoms with Gasteiger partial charge < -0.3 is 10.1 Å². The third-order valence-electron chi connectivity index (χ3n) is 3.89. The highest BCUT2D eigenvalue weighted by Gasteiger charge is 2.04. The molecule has 138 valence electrons. The molecule has 4 nitrogen and oxygen atoms in total. The number of hydrazone groups is 1. The standard InChI is InChI=1S/C21H20BrN3OS/c1-2-23-21(27)25-24-13-18-12-19(22)9-10-20(18)26-14-15-7-8-16-5-3-4-6-17(16)11-15/h3-13H,2,14H2,1H3,(H2,23,25,27)/b24-13-. The number of thiocarbonyl (C=S) groups is 1. The van der Waals surface area contributed by atoms with Crippen molar-refractivity contribution in [1.82, 2.24) is 10.7 Å². The van der Waals surface area contributed by atoms with Crippen LogP contribution in [0.3, 0.4) is 0 Å². The Balaban J connectivity index is 1.71. The molecule has 0 spiro atoms. The molecule has 0 saturated carbocycles. The molecule has 3 aromatic rings. The first-order chi connectivity index (χ1) is 13.2. The zero-order valence-electron chi connectivity index (χ0n) is 14.9. The van der Waals surface area contributed by atoms with Crippen LogP contribution in [0.1, 0.15) is 18.1 Å². The molecule has 2 N–H and O–H groups in total. The van der Waals surface area contributed by atoms with Crippen LogP contribution in [0.25, 0.3) is 10.8 Å². The van der Waals surface area contributed by atoms with Crippen LogP contribution in [0.5, 0.6) is 5.75 Å². The fraction of sp³-hybridized carbons (Fsp3) is 0.143. The summed E-state index contributed by atoms with van der Waals surface area (Å²) in [5.74, 6) is 0.756. The summed E-state index contributed by atoms with van der Waals surface area (Å²) in [6.45, 7) is 3.21. The monoisotopic (exact) mass is 441 g/mol. The van der Waals surface area contributed by atoms with Gasteiger partial charge in [-0.3, -0.25) is 5.43 Å². The van der Waals surface area contributed by atoms with Gasteiger partial charge in [0.15, 0.2) is 5.11 Å². The quantitative estimate of drug-likeness (QED) is 0.321. The molecule has 0 saturated heterocycles. The lowest BCUT2D eigenvalue weighted by Gasteiger charge is -2.11. The van der Waals surface area contributed by atoms with E-state index in [4.69, 9.17) is 17.0 Å². The van der Waals surface area contributed by atoms with Crippen molar-refractivity contribution in [3.8, 4) is 5.75 Å². The fourth-order valence-corrected chi connectivity index (χ4v) is 3.18. The van der Waals surface area contributed by atoms with Crippen LogP contribution < -0.4 is 15.5 Å². The molecule has 0 aliphatic carbocycles. The summed E-state index contributed by atoms with van der Waals surface area (Å²) in [6, 6.07) is 20.5. The van der Waals surface area contributed by atoms with Gasteiger partial charge in [0.1, 0.15) is 12.4 Å². The lowest BCUT2D eigenvalue weighted by molar-refractivity contribution is 0.306. The Labute approximate surface area is 172 Å². The van der Waals surface area contributed by atoms with E-state index in [0.29, 0.717) is 11.7 Å². The molecule has 3 rings (SSSR count). The zero-order chi connectivity index (χ0) is 19.1. The van der Waals surface area contributed by atoms with Gasteiger partial charge in [0.05, 0.1) is 6.21 Å². The van der Waals surface area contributed by atoms with Crippen molar-refractivity contribution >= 4 is 50.2 Å². The van der Waals surface area contributed by atoms with Gasteiger partial charge in [-0.05, 0) is 59.7 Å². The summed E-state index contributed by atoms with van der Waals surface area (Å²) >= 11 is 8.59. The van der Waals surface area contributed by atoms with E-state index in [1.54, 1.807) is 6.21 Å². The summed E-state index contributed by atoms with van der Waals surface area (Å²) < 4.78 is 7.00. The van der Waals surface area contributed by atoms with Crippen LogP contribution in [0.15, 0.2) is 70.2 Å². The molecule has 0 aliphatic heterocycles. The molecule has 3 aromatic carbocycles. The first-order valence-electron chi connectivity index (χ1n) is 8.62. The molecular formula is C21H20BrN3OS. The predicted octanol–water partition coefficient (Wildman–Crippen LogP) is 5.00. The van der Waals surface area contributed by atoms with Crippen molar-refractivity contribution < 1.29 is 4.74 Å². The highest BCUT2D eigenvalue weighted by Crippen LogP contribution is 2.23. The number of hydrogen-bond acceptors (Lipinski definition) is 3. The number of fused-ring (bicyclic) bond motifs is 1. The van der Waals surface area contributed by atoms with E-state index < -0.39 is 0 Å². The maximum Gasteiger partial charge on any atom is 0.186 e. The molecular weight excluding hydrogens is 422 g/mol. The largest absolute Gasteiger partial charge is 0.488 e. The van der Waals surface area contributed by atoms with E-state index in [0.717, 1.165) is 27.9 Å². The number of rotatable bonds is 6. The van der Waals surface area contributed by atoms with Gasteiger partial charge in [-0.1, -0.05) is 52.3 Å². The van der Waals surface area contributed by atoms with Gasteiger partial charge in [-0.2, -0.15) is 5.10 Å². The van der Waals surface area contributed by atoms with Crippen LogP contribution >= 0.6 is 28.1 Å². The van der Waals surface area contributed by atoms with Crippen molar-refractivity contribution in [1.29, 1.82) is 0 Å². The zero-order valence-corrected chi connectivity index (χ0v) is 17.3. The highest BCUT2D eigenvalue weighted by atomic mass is 79.9. The molecule has 0 heterocycles. The van der Waals surface area contributed by atoms with Crippen LogP contribution in [-0.4, -0.2) is 17.9 Å². The fourth-order valence-electron chi connectivity index (χ4n) is 2.60. The minimum absolute atomic E-state index is 0.483. The van der Waals surface area contributed by atoms with Crippen LogP contribution in [0.4, 0.5) is 0 Å². The lowest BCUT2D eigenvalue weighted by Crippen LogP contribution is -2.31. The summed E-state index contributed by atoms with van der Waals surface area (Å²) in [6.07, 6.45) is 1.70. The number of nitrogens with one attached hydrogen (secondary N) is 2. The van der Waals surface area contributed by atoms with Crippen LogP contribution in [0, 0.1) is 0 Å². The number of hydrogen-bond donors (Lipinski definition) is 2. The van der Waals surface area contributed by atoms with Crippen molar-refractivity contribution in [3.63, 3.8) is 0 Å². The van der Waals surface area contributed by atoms with Crippen molar-refractivity contribution in [2.24, 2.45) is 5.10 Å². The number of halogens is 1. The molecule has 6 heteroatoms. The lowest BCUT2D eigenvalue weighted by atomic mass is 10.1. The third kappa shape index (κ3) is 5.52. The van der Waals surface area contributed by atoms with Gasteiger partial charge in [0, 0.05) is 16.6 Å². The molecule has 0 fully saturated rings. The van der Waals surface area contributed by atoms with Gasteiger partial charge in [-0.15, -0.1) is 0 Å². The Morgan fingerprint density at radius 1 is 1.11 bits per heavy atom. The molecule has 27 heavy (non-hydrogen) atoms. The molecule has 0 radical (unpaired) electrons. The van der Waals surface area contributed by atoms with Gasteiger partial charge in [-0.25, -0.2) is 0 Å². The number of benzene rings is 3. The van der Waals surface area contributed by atoms with Gasteiger partial charge >= 0.3 is 0 Å². The maximum atomic E-state index is 6.04. The van der Waals surface area contributed by atoms with Gasteiger partial charge in [0.25, 0.3) is 0 Å². The number of nitrogens with zero attached hydrogens (tertiary/aromatic N) is 1. The Morgan fingerprint density at radius 3 is 2.74 bits per heavy atom. The molecule has 0 aliphatic rings. The third-order valence-corrected chi connectivity index (χ3v) is 4.62. The molecule has 0 amide bonds. The number of ether oxygens (including phenoxy) is 1. The summed E-state index contributed by atoms with van der Waals surface area (Å²) in [4.78, 5) is 0. The molecule has 0 atom stereocenters. The maximum absolute atomic E-state index is 6.04. The topological polar surface area (TPSA) is 45.7 Å². The Morgan fingerprint density at radius 2 is 1.93 bits per heavy atom. The summed E-state index contributed by atoms with van der Waals surface area (Å²) in [5, 5.41) is 10.1. The first kappa shape index (κ1) is 19.3. The smallest absolute Gasteiger partial charge is 0.186 e. The van der Waals surface area contributed by atoms with Crippen molar-refractivity contribution in [2.45, 2.75) is 13.5 Å². The van der Waals surface area contributed by atoms with Gasteiger partial charge in [0.2, 0.25) is 0 Å². The minimum Gasteiger partial charge on any atom is -0.488 e. The van der Waals surface area contributed by atoms with E-state index in [1.807, 2.05) is 37.3 Å². The van der Waals surface area contributed by atoms with Crippen molar-refractivity contribution in [3.05, 3.63) is 76.3 Å². The second kappa shape index (κ2) is 9.48. The van der Waals surface area contributed by atoms with Crippen LogP contribution in [0.2, 0.25) is 0 Å². The first-order valence-corrected chi connectivity index (χ1v) is 9.83. The average molecular weight is 442 g/mol. The van der Waals surface area contributed by atoms with Crippen LogP contribution in [-0.2, 0) is 6.61 Å².